The number of sulfone groups is 1. The van der Waals surface area contributed by atoms with Crippen molar-refractivity contribution in [1.29, 1.82) is 0 Å². The first-order chi connectivity index (χ1) is 6.44. The highest BCUT2D eigenvalue weighted by atomic mass is 32.2. The van der Waals surface area contributed by atoms with Crippen molar-refractivity contribution >= 4 is 9.84 Å². The van der Waals surface area contributed by atoms with Crippen molar-refractivity contribution in [2.24, 2.45) is 5.92 Å². The highest BCUT2D eigenvalue weighted by Crippen LogP contribution is 2.15. The molecule has 1 aliphatic rings. The van der Waals surface area contributed by atoms with Crippen molar-refractivity contribution in [3.63, 3.8) is 0 Å². The second-order valence-corrected chi connectivity index (χ2v) is 6.75. The average molecular weight is 219 g/mol. The lowest BCUT2D eigenvalue weighted by Crippen LogP contribution is -2.41. The molecule has 84 valence electrons. The van der Waals surface area contributed by atoms with Gasteiger partial charge in [0.2, 0.25) is 0 Å². The van der Waals surface area contributed by atoms with Gasteiger partial charge in [0.1, 0.15) is 0 Å². The van der Waals surface area contributed by atoms with Gasteiger partial charge in [-0.2, -0.15) is 0 Å². The fourth-order valence-corrected chi connectivity index (χ4v) is 3.70. The van der Waals surface area contributed by atoms with E-state index in [1.807, 2.05) is 0 Å². The number of rotatable bonds is 4. The van der Waals surface area contributed by atoms with E-state index in [0.717, 1.165) is 12.8 Å². The van der Waals surface area contributed by atoms with Crippen molar-refractivity contribution in [2.45, 2.75) is 45.7 Å². The molecule has 0 aromatic heterocycles. The maximum atomic E-state index is 11.2. The minimum Gasteiger partial charge on any atom is -0.310 e. The van der Waals surface area contributed by atoms with Gasteiger partial charge in [-0.25, -0.2) is 8.42 Å². The summed E-state index contributed by atoms with van der Waals surface area (Å²) in [5.74, 6) is 1.26. The minimum absolute atomic E-state index is 0.187. The lowest BCUT2D eigenvalue weighted by molar-refractivity contribution is 0.354. The largest absolute Gasteiger partial charge is 0.310 e. The molecule has 4 heteroatoms. The van der Waals surface area contributed by atoms with Gasteiger partial charge in [-0.15, -0.1) is 0 Å². The van der Waals surface area contributed by atoms with Crippen LogP contribution in [0.5, 0.6) is 0 Å². The Balaban J connectivity index is 2.45. The minimum atomic E-state index is -2.74. The fourth-order valence-electron chi connectivity index (χ4n) is 2.01. The number of hydrogen-bond acceptors (Lipinski definition) is 3. The van der Waals surface area contributed by atoms with Crippen LogP contribution in [0.4, 0.5) is 0 Å². The first-order valence-corrected chi connectivity index (χ1v) is 7.23. The smallest absolute Gasteiger partial charge is 0.151 e. The van der Waals surface area contributed by atoms with Gasteiger partial charge in [0.25, 0.3) is 0 Å². The van der Waals surface area contributed by atoms with Crippen LogP contribution in [0.3, 0.4) is 0 Å². The third-order valence-electron chi connectivity index (χ3n) is 2.93. The summed E-state index contributed by atoms with van der Waals surface area (Å²) in [6, 6.07) is 0.639. The van der Waals surface area contributed by atoms with Gasteiger partial charge in [0, 0.05) is 12.1 Å². The van der Waals surface area contributed by atoms with Crippen LogP contribution in [0, 0.1) is 5.92 Å². The van der Waals surface area contributed by atoms with Gasteiger partial charge in [-0.3, -0.25) is 0 Å². The van der Waals surface area contributed by atoms with Gasteiger partial charge in [-0.05, 0) is 18.8 Å². The van der Waals surface area contributed by atoms with E-state index in [9.17, 15) is 8.42 Å². The van der Waals surface area contributed by atoms with Gasteiger partial charge >= 0.3 is 0 Å². The molecule has 1 N–H and O–H groups in total. The maximum Gasteiger partial charge on any atom is 0.151 e. The summed E-state index contributed by atoms with van der Waals surface area (Å²) >= 11 is 0. The second-order valence-electron chi connectivity index (χ2n) is 4.53. The summed E-state index contributed by atoms with van der Waals surface area (Å²) in [5.41, 5.74) is 0. The quantitative estimate of drug-likeness (QED) is 0.773. The number of hydrogen-bond donors (Lipinski definition) is 1. The Bertz CT molecular complexity index is 272. The first kappa shape index (κ1) is 12.0. The van der Waals surface area contributed by atoms with Gasteiger partial charge < -0.3 is 5.32 Å². The van der Waals surface area contributed by atoms with Crippen molar-refractivity contribution in [1.82, 2.24) is 5.32 Å². The standard InChI is InChI=1S/C10H21NO2S/c1-4-10(8(2)3)11-9-5-6-14(12,13)7-9/h8-11H,4-7H2,1-3H3/t9-,10+/m1/s1. The van der Waals surface area contributed by atoms with Crippen LogP contribution < -0.4 is 5.32 Å². The summed E-state index contributed by atoms with van der Waals surface area (Å²) < 4.78 is 22.5. The highest BCUT2D eigenvalue weighted by molar-refractivity contribution is 7.91. The third kappa shape index (κ3) is 3.24. The van der Waals surface area contributed by atoms with Gasteiger partial charge in [0.05, 0.1) is 11.5 Å². The zero-order valence-corrected chi connectivity index (χ0v) is 10.1. The van der Waals surface area contributed by atoms with E-state index in [0.29, 0.717) is 23.5 Å². The summed E-state index contributed by atoms with van der Waals surface area (Å²) in [4.78, 5) is 0. The lowest BCUT2D eigenvalue weighted by atomic mass is 10.0. The summed E-state index contributed by atoms with van der Waals surface area (Å²) in [6.45, 7) is 6.48. The van der Waals surface area contributed by atoms with Crippen LogP contribution in [0.15, 0.2) is 0 Å². The van der Waals surface area contributed by atoms with Gasteiger partial charge in [-0.1, -0.05) is 20.8 Å². The Hall–Kier alpha value is -0.0900. The van der Waals surface area contributed by atoms with Crippen molar-refractivity contribution in [3.05, 3.63) is 0 Å². The molecule has 3 nitrogen and oxygen atoms in total. The second kappa shape index (κ2) is 4.62. The number of nitrogens with one attached hydrogen (secondary N) is 1. The summed E-state index contributed by atoms with van der Waals surface area (Å²) in [7, 11) is -2.74. The van der Waals surface area contributed by atoms with Crippen LogP contribution in [-0.2, 0) is 9.84 Å². The highest BCUT2D eigenvalue weighted by Gasteiger charge is 2.29. The predicted octanol–water partition coefficient (Wildman–Crippen LogP) is 1.20. The maximum absolute atomic E-state index is 11.2. The van der Waals surface area contributed by atoms with Crippen LogP contribution in [0.1, 0.15) is 33.6 Å². The third-order valence-corrected chi connectivity index (χ3v) is 4.69. The van der Waals surface area contributed by atoms with Crippen LogP contribution in [0.25, 0.3) is 0 Å². The van der Waals surface area contributed by atoms with E-state index < -0.39 is 9.84 Å². The fraction of sp³-hybridized carbons (Fsp3) is 1.00. The average Bonchev–Trinajstić information content (AvgIpc) is 2.41. The molecule has 1 saturated heterocycles. The lowest BCUT2D eigenvalue weighted by Gasteiger charge is -2.24. The zero-order chi connectivity index (χ0) is 10.8. The van der Waals surface area contributed by atoms with E-state index in [2.05, 4.69) is 26.1 Å². The monoisotopic (exact) mass is 219 g/mol. The molecule has 0 saturated carbocycles. The van der Waals surface area contributed by atoms with E-state index in [4.69, 9.17) is 0 Å². The zero-order valence-electron chi connectivity index (χ0n) is 9.29. The molecule has 0 radical (unpaired) electrons. The van der Waals surface area contributed by atoms with Gasteiger partial charge in [0.15, 0.2) is 9.84 Å². The van der Waals surface area contributed by atoms with Crippen LogP contribution in [-0.4, -0.2) is 32.0 Å². The Kier molecular flexibility index (Phi) is 3.95. The van der Waals surface area contributed by atoms with Crippen molar-refractivity contribution < 1.29 is 8.42 Å². The molecular weight excluding hydrogens is 198 g/mol. The molecule has 0 aromatic rings. The SMILES string of the molecule is CC[C@H](N[C@@H]1CCS(=O)(=O)C1)C(C)C. The molecule has 0 spiro atoms. The van der Waals surface area contributed by atoms with E-state index in [1.54, 1.807) is 0 Å². The first-order valence-electron chi connectivity index (χ1n) is 5.41. The van der Waals surface area contributed by atoms with Crippen molar-refractivity contribution in [2.75, 3.05) is 11.5 Å². The summed E-state index contributed by atoms with van der Waals surface area (Å²) in [6.07, 6.45) is 1.85. The normalized spacial score (nSPS) is 28.1. The molecule has 0 aromatic carbocycles. The van der Waals surface area contributed by atoms with Crippen LogP contribution in [0.2, 0.25) is 0 Å². The Morgan fingerprint density at radius 2 is 2.07 bits per heavy atom. The Morgan fingerprint density at radius 1 is 1.43 bits per heavy atom. The summed E-state index contributed by atoms with van der Waals surface area (Å²) in [5, 5.41) is 3.44. The molecule has 0 unspecified atom stereocenters. The van der Waals surface area contributed by atoms with E-state index >= 15 is 0 Å². The molecule has 0 bridgehead atoms. The molecule has 0 aliphatic carbocycles. The van der Waals surface area contributed by atoms with Crippen molar-refractivity contribution in [3.8, 4) is 0 Å². The molecular formula is C10H21NO2S. The predicted molar refractivity (Wildman–Crippen MR) is 59.1 cm³/mol. The molecule has 1 heterocycles. The topological polar surface area (TPSA) is 46.2 Å². The van der Waals surface area contributed by atoms with Crippen LogP contribution >= 0.6 is 0 Å². The molecule has 1 aliphatic heterocycles. The van der Waals surface area contributed by atoms with E-state index in [-0.39, 0.29) is 6.04 Å². The molecule has 1 rings (SSSR count). The molecule has 14 heavy (non-hydrogen) atoms. The molecule has 2 atom stereocenters. The molecule has 0 amide bonds. The van der Waals surface area contributed by atoms with E-state index in [1.165, 1.54) is 0 Å². The molecule has 1 fully saturated rings. The Morgan fingerprint density at radius 3 is 2.43 bits per heavy atom. The Labute approximate surface area is 87.2 Å².